The first-order valence-electron chi connectivity index (χ1n) is 11.9. The van der Waals surface area contributed by atoms with Crippen molar-refractivity contribution in [3.63, 3.8) is 0 Å². The third-order valence-corrected chi connectivity index (χ3v) is 8.72. The number of para-hydroxylation sites is 1. The summed E-state index contributed by atoms with van der Waals surface area (Å²) in [5.74, 6) is -0.343. The number of benzene rings is 3. The average molecular weight is 491 g/mol. The minimum absolute atomic E-state index is 0.110. The highest BCUT2D eigenvalue weighted by Crippen LogP contribution is 2.36. The lowest BCUT2D eigenvalue weighted by atomic mass is 10.1. The van der Waals surface area contributed by atoms with Gasteiger partial charge in [-0.3, -0.25) is 9.10 Å². The number of likely N-dealkylation sites (N-methyl/N-ethyl adjacent to an activating group) is 1. The topological polar surface area (TPSA) is 73.0 Å². The summed E-state index contributed by atoms with van der Waals surface area (Å²) in [5.41, 5.74) is 3.81. The molecule has 5 rings (SSSR count). The monoisotopic (exact) mass is 490 g/mol. The Morgan fingerprint density at radius 2 is 1.63 bits per heavy atom. The highest BCUT2D eigenvalue weighted by Gasteiger charge is 2.36. The number of rotatable bonds is 5. The maximum absolute atomic E-state index is 13.5. The van der Waals surface area contributed by atoms with Crippen LogP contribution in [0, 0.1) is 0 Å². The van der Waals surface area contributed by atoms with E-state index >= 15 is 0 Å². The van der Waals surface area contributed by atoms with E-state index in [4.69, 9.17) is 0 Å². The summed E-state index contributed by atoms with van der Waals surface area (Å²) in [6.45, 7) is 5.91. The maximum atomic E-state index is 13.5. The number of nitrogens with one attached hydrogen (secondary N) is 1. The van der Waals surface area contributed by atoms with Crippen molar-refractivity contribution < 1.29 is 13.2 Å². The normalized spacial score (nSPS) is 18.4. The molecule has 1 unspecified atom stereocenters. The van der Waals surface area contributed by atoms with Gasteiger partial charge in [-0.25, -0.2) is 8.42 Å². The van der Waals surface area contributed by atoms with Crippen molar-refractivity contribution in [3.05, 3.63) is 83.9 Å². The summed E-state index contributed by atoms with van der Waals surface area (Å²) in [7, 11) is -1.68. The largest absolute Gasteiger partial charge is 0.369 e. The van der Waals surface area contributed by atoms with Gasteiger partial charge in [-0.15, -0.1) is 0 Å². The van der Waals surface area contributed by atoms with E-state index in [1.165, 1.54) is 10.4 Å². The Balaban J connectivity index is 1.32. The van der Waals surface area contributed by atoms with E-state index in [0.717, 1.165) is 37.4 Å². The van der Waals surface area contributed by atoms with Crippen LogP contribution < -0.4 is 14.5 Å². The zero-order valence-electron chi connectivity index (χ0n) is 20.0. The van der Waals surface area contributed by atoms with Crippen LogP contribution >= 0.6 is 0 Å². The van der Waals surface area contributed by atoms with Gasteiger partial charge in [0.25, 0.3) is 15.9 Å². The standard InChI is InChI=1S/C27H30N4O3S/c1-20-18-21-6-3-4-9-26(21)31(20)35(33,34)25-8-5-7-22(19-25)27(32)28-23-10-12-24(13-11-23)30-16-14-29(2)15-17-30/h3-13,19-20H,14-18H2,1-2H3,(H,28,32). The van der Waals surface area contributed by atoms with Gasteiger partial charge in [0.05, 0.1) is 10.6 Å². The molecular weight excluding hydrogens is 460 g/mol. The summed E-state index contributed by atoms with van der Waals surface area (Å²) >= 11 is 0. The van der Waals surface area contributed by atoms with Crippen LogP contribution in [0.3, 0.4) is 0 Å². The molecule has 2 aliphatic heterocycles. The molecule has 3 aromatic rings. The Hall–Kier alpha value is -3.36. The minimum Gasteiger partial charge on any atom is -0.369 e. The molecule has 0 aliphatic carbocycles. The number of sulfonamides is 1. The number of carbonyl (C=O) groups excluding carboxylic acids is 1. The minimum atomic E-state index is -3.81. The lowest BCUT2D eigenvalue weighted by Gasteiger charge is -2.34. The van der Waals surface area contributed by atoms with Gasteiger partial charge in [0.15, 0.2) is 0 Å². The fraction of sp³-hybridized carbons (Fsp3) is 0.296. The van der Waals surface area contributed by atoms with E-state index in [0.29, 0.717) is 23.4 Å². The SMILES string of the molecule is CC1Cc2ccccc2N1S(=O)(=O)c1cccc(C(=O)Nc2ccc(N3CCN(C)CC3)cc2)c1. The second kappa shape index (κ2) is 9.36. The number of anilines is 3. The van der Waals surface area contributed by atoms with Crippen molar-refractivity contribution in [2.75, 3.05) is 47.7 Å². The molecule has 2 aliphatic rings. The van der Waals surface area contributed by atoms with Crippen molar-refractivity contribution in [2.24, 2.45) is 0 Å². The third kappa shape index (κ3) is 4.63. The maximum Gasteiger partial charge on any atom is 0.264 e. The van der Waals surface area contributed by atoms with Gasteiger partial charge in [-0.2, -0.15) is 0 Å². The zero-order valence-corrected chi connectivity index (χ0v) is 20.8. The zero-order chi connectivity index (χ0) is 24.6. The lowest BCUT2D eigenvalue weighted by Crippen LogP contribution is -2.44. The number of amides is 1. The molecule has 0 saturated carbocycles. The summed E-state index contributed by atoms with van der Waals surface area (Å²) in [6, 6.07) is 21.4. The first-order valence-corrected chi connectivity index (χ1v) is 13.3. The van der Waals surface area contributed by atoms with E-state index in [-0.39, 0.29) is 16.8 Å². The Bertz CT molecular complexity index is 1330. The molecule has 1 N–H and O–H groups in total. The van der Waals surface area contributed by atoms with Crippen molar-refractivity contribution >= 4 is 33.0 Å². The van der Waals surface area contributed by atoms with Crippen LogP contribution in [0.2, 0.25) is 0 Å². The molecule has 8 heteroatoms. The van der Waals surface area contributed by atoms with Gasteiger partial charge in [0.2, 0.25) is 0 Å². The first kappa shape index (κ1) is 23.4. The summed E-state index contributed by atoms with van der Waals surface area (Å²) < 4.78 is 28.5. The van der Waals surface area contributed by atoms with Crippen LogP contribution in [0.1, 0.15) is 22.8 Å². The fourth-order valence-corrected chi connectivity index (χ4v) is 6.58. The van der Waals surface area contributed by atoms with Gasteiger partial charge in [-0.05, 0) is 74.5 Å². The number of fused-ring (bicyclic) bond motifs is 1. The predicted molar refractivity (Wildman–Crippen MR) is 140 cm³/mol. The van der Waals surface area contributed by atoms with Crippen LogP contribution in [0.5, 0.6) is 0 Å². The third-order valence-electron chi connectivity index (χ3n) is 6.79. The highest BCUT2D eigenvalue weighted by molar-refractivity contribution is 7.92. The Labute approximate surface area is 207 Å². The van der Waals surface area contributed by atoms with Crippen molar-refractivity contribution in [1.82, 2.24) is 4.90 Å². The van der Waals surface area contributed by atoms with Gasteiger partial charge in [-0.1, -0.05) is 24.3 Å². The average Bonchev–Trinajstić information content (AvgIpc) is 3.21. The molecule has 1 saturated heterocycles. The second-order valence-electron chi connectivity index (χ2n) is 9.30. The van der Waals surface area contributed by atoms with Crippen LogP contribution in [-0.2, 0) is 16.4 Å². The molecule has 0 bridgehead atoms. The van der Waals surface area contributed by atoms with Crippen LogP contribution in [0.15, 0.2) is 77.7 Å². The Morgan fingerprint density at radius 3 is 2.37 bits per heavy atom. The van der Waals surface area contributed by atoms with Gasteiger partial charge in [0.1, 0.15) is 0 Å². The number of nitrogens with zero attached hydrogens (tertiary/aromatic N) is 3. The van der Waals surface area contributed by atoms with Gasteiger partial charge in [0, 0.05) is 49.2 Å². The number of hydrogen-bond acceptors (Lipinski definition) is 5. The number of piperazine rings is 1. The van der Waals surface area contributed by atoms with E-state index in [1.54, 1.807) is 18.2 Å². The predicted octanol–water partition coefficient (Wildman–Crippen LogP) is 3.83. The molecule has 0 spiro atoms. The van der Waals surface area contributed by atoms with Crippen LogP contribution in [-0.4, -0.2) is 58.5 Å². The lowest BCUT2D eigenvalue weighted by molar-refractivity contribution is 0.102. The van der Waals surface area contributed by atoms with Crippen LogP contribution in [0.4, 0.5) is 17.1 Å². The molecule has 3 aromatic carbocycles. The molecule has 2 heterocycles. The molecule has 1 atom stereocenters. The smallest absolute Gasteiger partial charge is 0.264 e. The molecular formula is C27H30N4O3S. The molecule has 1 amide bonds. The van der Waals surface area contributed by atoms with Crippen molar-refractivity contribution in [1.29, 1.82) is 0 Å². The van der Waals surface area contributed by atoms with Crippen molar-refractivity contribution in [2.45, 2.75) is 24.3 Å². The van der Waals surface area contributed by atoms with E-state index < -0.39 is 10.0 Å². The first-order chi connectivity index (χ1) is 16.8. The summed E-state index contributed by atoms with van der Waals surface area (Å²) in [6.07, 6.45) is 0.666. The van der Waals surface area contributed by atoms with Gasteiger partial charge < -0.3 is 15.1 Å². The molecule has 7 nitrogen and oxygen atoms in total. The van der Waals surface area contributed by atoms with E-state index in [2.05, 4.69) is 22.2 Å². The quantitative estimate of drug-likeness (QED) is 0.589. The van der Waals surface area contributed by atoms with E-state index in [1.807, 2.05) is 55.5 Å². The molecule has 0 radical (unpaired) electrons. The molecule has 182 valence electrons. The van der Waals surface area contributed by atoms with Gasteiger partial charge >= 0.3 is 0 Å². The molecule has 1 fully saturated rings. The highest BCUT2D eigenvalue weighted by atomic mass is 32.2. The number of carbonyl (C=O) groups is 1. The summed E-state index contributed by atoms with van der Waals surface area (Å²) in [5, 5.41) is 2.89. The Kier molecular flexibility index (Phi) is 6.25. The Morgan fingerprint density at radius 1 is 0.914 bits per heavy atom. The van der Waals surface area contributed by atoms with Crippen LogP contribution in [0.25, 0.3) is 0 Å². The molecule has 35 heavy (non-hydrogen) atoms. The second-order valence-corrected chi connectivity index (χ2v) is 11.1. The van der Waals surface area contributed by atoms with Crippen molar-refractivity contribution in [3.8, 4) is 0 Å². The molecule has 0 aromatic heterocycles. The number of hydrogen-bond donors (Lipinski definition) is 1. The fourth-order valence-electron chi connectivity index (χ4n) is 4.84. The van der Waals surface area contributed by atoms with E-state index in [9.17, 15) is 13.2 Å². The summed E-state index contributed by atoms with van der Waals surface area (Å²) in [4.78, 5) is 17.7.